The number of amides is 1. The van der Waals surface area contributed by atoms with E-state index in [-0.39, 0.29) is 0 Å². The van der Waals surface area contributed by atoms with Crippen LogP contribution in [0, 0.1) is 0 Å². The quantitative estimate of drug-likeness (QED) is 0.870. The molecular formula is C24H31N3O. The average Bonchev–Trinajstić information content (AvgIpc) is 3.13. The molecule has 4 nitrogen and oxygen atoms in total. The number of fused-ring (bicyclic) bond motifs is 1. The second-order valence-corrected chi connectivity index (χ2v) is 8.42. The molecule has 4 rings (SSSR count). The van der Waals surface area contributed by atoms with Gasteiger partial charge in [0.2, 0.25) is 5.91 Å². The molecule has 1 unspecified atom stereocenters. The molecule has 1 saturated heterocycles. The molecular weight excluding hydrogens is 346 g/mol. The third kappa shape index (κ3) is 3.71. The molecule has 0 radical (unpaired) electrons. The lowest BCUT2D eigenvalue weighted by Crippen LogP contribution is -2.63. The van der Waals surface area contributed by atoms with Crippen LogP contribution < -0.4 is 5.32 Å². The normalized spacial score (nSPS) is 21.0. The lowest BCUT2D eigenvalue weighted by Gasteiger charge is -2.43. The molecule has 2 aliphatic rings. The molecule has 28 heavy (non-hydrogen) atoms. The van der Waals surface area contributed by atoms with Gasteiger partial charge in [0, 0.05) is 45.1 Å². The number of nitrogens with zero attached hydrogens (tertiary/aromatic N) is 2. The minimum atomic E-state index is -0.463. The zero-order valence-corrected chi connectivity index (χ0v) is 17.0. The van der Waals surface area contributed by atoms with Crippen molar-refractivity contribution >= 4 is 5.91 Å². The molecule has 1 heterocycles. The number of carbonyl (C=O) groups excluding carboxylic acids is 1. The second kappa shape index (κ2) is 8.06. The number of carbonyl (C=O) groups is 1. The summed E-state index contributed by atoms with van der Waals surface area (Å²) in [6.45, 7) is 5.51. The summed E-state index contributed by atoms with van der Waals surface area (Å²) >= 11 is 0. The lowest BCUT2D eigenvalue weighted by atomic mass is 9.90. The van der Waals surface area contributed by atoms with Gasteiger partial charge in [0.25, 0.3) is 0 Å². The molecule has 1 atom stereocenters. The summed E-state index contributed by atoms with van der Waals surface area (Å²) in [4.78, 5) is 18.3. The number of piperazine rings is 1. The van der Waals surface area contributed by atoms with Gasteiger partial charge in [0.15, 0.2) is 0 Å². The number of hydrogen-bond donors (Lipinski definition) is 1. The van der Waals surface area contributed by atoms with E-state index < -0.39 is 5.54 Å². The van der Waals surface area contributed by atoms with Crippen LogP contribution in [0.2, 0.25) is 0 Å². The molecule has 0 spiro atoms. The van der Waals surface area contributed by atoms with E-state index in [1.54, 1.807) is 0 Å². The lowest BCUT2D eigenvalue weighted by molar-refractivity contribution is -0.144. The molecule has 148 valence electrons. The van der Waals surface area contributed by atoms with Gasteiger partial charge in [-0.3, -0.25) is 9.69 Å². The van der Waals surface area contributed by atoms with Crippen LogP contribution in [0.25, 0.3) is 0 Å². The van der Waals surface area contributed by atoms with E-state index in [0.717, 1.165) is 45.4 Å². The summed E-state index contributed by atoms with van der Waals surface area (Å²) in [5.41, 5.74) is 3.51. The van der Waals surface area contributed by atoms with Gasteiger partial charge in [-0.05, 0) is 37.1 Å². The van der Waals surface area contributed by atoms with Crippen LogP contribution in [0.15, 0.2) is 54.6 Å². The Morgan fingerprint density at radius 2 is 1.75 bits per heavy atom. The van der Waals surface area contributed by atoms with Crippen LogP contribution in [-0.4, -0.2) is 60.5 Å². The standard InChI is InChI=1S/C24H31N3O/c1-19-18-27(15-13-25-19)23(28)24(16-21-10-6-7-11-22(21)17-24)26(2)14-12-20-8-4-3-5-9-20/h3-11,19,25H,12-18H2,1-2H3. The van der Waals surface area contributed by atoms with Gasteiger partial charge < -0.3 is 10.2 Å². The summed E-state index contributed by atoms with van der Waals surface area (Å²) in [5.74, 6) is 0.299. The van der Waals surface area contributed by atoms with Crippen LogP contribution in [0.3, 0.4) is 0 Å². The molecule has 1 aliphatic heterocycles. The summed E-state index contributed by atoms with van der Waals surface area (Å²) in [6.07, 6.45) is 2.58. The van der Waals surface area contributed by atoms with Crippen molar-refractivity contribution in [3.8, 4) is 0 Å². The van der Waals surface area contributed by atoms with E-state index >= 15 is 0 Å². The highest BCUT2D eigenvalue weighted by molar-refractivity contribution is 5.88. The topological polar surface area (TPSA) is 35.6 Å². The fourth-order valence-electron chi connectivity index (χ4n) is 4.75. The average molecular weight is 378 g/mol. The molecule has 1 aliphatic carbocycles. The van der Waals surface area contributed by atoms with Crippen LogP contribution >= 0.6 is 0 Å². The van der Waals surface area contributed by atoms with Gasteiger partial charge >= 0.3 is 0 Å². The highest BCUT2D eigenvalue weighted by Gasteiger charge is 2.49. The Hall–Kier alpha value is -2.17. The van der Waals surface area contributed by atoms with Gasteiger partial charge in [-0.15, -0.1) is 0 Å². The molecule has 1 amide bonds. The Morgan fingerprint density at radius 1 is 1.11 bits per heavy atom. The monoisotopic (exact) mass is 377 g/mol. The highest BCUT2D eigenvalue weighted by atomic mass is 16.2. The number of nitrogens with one attached hydrogen (secondary N) is 1. The van der Waals surface area contributed by atoms with E-state index in [1.807, 2.05) is 0 Å². The first-order valence-electron chi connectivity index (χ1n) is 10.4. The Bertz CT molecular complexity index is 795. The van der Waals surface area contributed by atoms with E-state index in [1.165, 1.54) is 16.7 Å². The Morgan fingerprint density at radius 3 is 2.39 bits per heavy atom. The predicted molar refractivity (Wildman–Crippen MR) is 113 cm³/mol. The van der Waals surface area contributed by atoms with Crippen LogP contribution in [0.1, 0.15) is 23.6 Å². The van der Waals surface area contributed by atoms with Crippen LogP contribution in [0.4, 0.5) is 0 Å². The second-order valence-electron chi connectivity index (χ2n) is 8.42. The number of likely N-dealkylation sites (N-methyl/N-ethyl adjacent to an activating group) is 1. The largest absolute Gasteiger partial charge is 0.338 e. The van der Waals surface area contributed by atoms with Crippen molar-refractivity contribution in [2.45, 2.75) is 37.8 Å². The van der Waals surface area contributed by atoms with Crippen LogP contribution in [0.5, 0.6) is 0 Å². The van der Waals surface area contributed by atoms with Crippen molar-refractivity contribution < 1.29 is 4.79 Å². The third-order valence-electron chi connectivity index (χ3n) is 6.45. The Balaban J connectivity index is 1.58. The number of benzene rings is 2. The van der Waals surface area contributed by atoms with Crippen molar-refractivity contribution in [3.05, 3.63) is 71.3 Å². The molecule has 1 fully saturated rings. The highest BCUT2D eigenvalue weighted by Crippen LogP contribution is 2.36. The third-order valence-corrected chi connectivity index (χ3v) is 6.45. The van der Waals surface area contributed by atoms with Crippen molar-refractivity contribution in [1.82, 2.24) is 15.1 Å². The zero-order valence-electron chi connectivity index (χ0n) is 17.0. The molecule has 2 aromatic rings. The summed E-state index contributed by atoms with van der Waals surface area (Å²) in [6, 6.07) is 19.5. The van der Waals surface area contributed by atoms with Crippen molar-refractivity contribution in [2.24, 2.45) is 0 Å². The Labute approximate surface area is 168 Å². The van der Waals surface area contributed by atoms with Gasteiger partial charge in [-0.2, -0.15) is 0 Å². The molecule has 0 aromatic heterocycles. The number of rotatable bonds is 5. The van der Waals surface area contributed by atoms with Gasteiger partial charge in [0.1, 0.15) is 5.54 Å². The first kappa shape index (κ1) is 19.2. The maximum Gasteiger partial charge on any atom is 0.243 e. The smallest absolute Gasteiger partial charge is 0.243 e. The molecule has 2 aromatic carbocycles. The van der Waals surface area contributed by atoms with E-state index in [2.05, 4.69) is 83.7 Å². The SMILES string of the molecule is CC1CN(C(=O)C2(N(C)CCc3ccccc3)Cc3ccccc3C2)CCN1. The minimum absolute atomic E-state index is 0.299. The fraction of sp³-hybridized carbons (Fsp3) is 0.458. The van der Waals surface area contributed by atoms with E-state index in [9.17, 15) is 4.79 Å². The molecule has 4 heteroatoms. The number of hydrogen-bond acceptors (Lipinski definition) is 3. The maximum atomic E-state index is 13.8. The van der Waals surface area contributed by atoms with Gasteiger partial charge in [-0.1, -0.05) is 54.6 Å². The summed E-state index contributed by atoms with van der Waals surface area (Å²) in [7, 11) is 2.14. The first-order chi connectivity index (χ1) is 13.6. The van der Waals surface area contributed by atoms with Crippen LogP contribution in [-0.2, 0) is 24.1 Å². The van der Waals surface area contributed by atoms with Crippen molar-refractivity contribution in [3.63, 3.8) is 0 Å². The van der Waals surface area contributed by atoms with Gasteiger partial charge in [-0.25, -0.2) is 0 Å². The van der Waals surface area contributed by atoms with Crippen molar-refractivity contribution in [1.29, 1.82) is 0 Å². The summed E-state index contributed by atoms with van der Waals surface area (Å²) in [5, 5.41) is 3.46. The van der Waals surface area contributed by atoms with Gasteiger partial charge in [0.05, 0.1) is 0 Å². The summed E-state index contributed by atoms with van der Waals surface area (Å²) < 4.78 is 0. The zero-order chi connectivity index (χ0) is 19.6. The Kier molecular flexibility index (Phi) is 5.51. The predicted octanol–water partition coefficient (Wildman–Crippen LogP) is 2.52. The first-order valence-corrected chi connectivity index (χ1v) is 10.4. The fourth-order valence-corrected chi connectivity index (χ4v) is 4.75. The maximum absolute atomic E-state index is 13.8. The van der Waals surface area contributed by atoms with E-state index in [0.29, 0.717) is 11.9 Å². The van der Waals surface area contributed by atoms with E-state index in [4.69, 9.17) is 0 Å². The molecule has 0 saturated carbocycles. The molecule has 1 N–H and O–H groups in total. The van der Waals surface area contributed by atoms with Crippen molar-refractivity contribution in [2.75, 3.05) is 33.2 Å². The molecule has 0 bridgehead atoms. The minimum Gasteiger partial charge on any atom is -0.338 e.